The van der Waals surface area contributed by atoms with Crippen LogP contribution in [0.5, 0.6) is 0 Å². The summed E-state index contributed by atoms with van der Waals surface area (Å²) >= 11 is 0. The summed E-state index contributed by atoms with van der Waals surface area (Å²) in [6.45, 7) is 3.80. The molecule has 3 aromatic rings. The summed E-state index contributed by atoms with van der Waals surface area (Å²) in [5.74, 6) is -1.21. The maximum atomic E-state index is 10.3. The molecule has 1 aromatic carbocycles. The SMILES string of the molecule is CN(CCN(C)Cc1ccccn1)Cc1ccccn1.N[C@@H](Cc1ccccc1)C(=O)[O-].[Co+3].[O-][Cl+3]([O-])([O-])[O-].[O-][Cl+3]([O-])([O-])[O-]. The topological polar surface area (TPSA) is 283 Å². The number of aromatic nitrogens is 2. The fourth-order valence-electron chi connectivity index (χ4n) is 2.99. The van der Waals surface area contributed by atoms with Gasteiger partial charge in [0.05, 0.1) is 17.4 Å². The van der Waals surface area contributed by atoms with Gasteiger partial charge < -0.3 is 15.6 Å². The predicted octanol–water partition coefficient (Wildman–Crippen LogP) is -8.17. The molecule has 0 bridgehead atoms. The Balaban J connectivity index is 0. The molecule has 0 amide bonds. The van der Waals surface area contributed by atoms with Gasteiger partial charge in [-0.1, -0.05) is 42.5 Å². The zero-order valence-electron chi connectivity index (χ0n) is 23.2. The van der Waals surface area contributed by atoms with Crippen LogP contribution in [-0.4, -0.2) is 59.0 Å². The van der Waals surface area contributed by atoms with Gasteiger partial charge >= 0.3 is 16.8 Å². The molecule has 0 fully saturated rings. The molecule has 0 saturated heterocycles. The smallest absolute Gasteiger partial charge is 0.548 e. The van der Waals surface area contributed by atoms with E-state index in [-0.39, 0.29) is 16.8 Å². The van der Waals surface area contributed by atoms with Crippen LogP contribution in [0.3, 0.4) is 0 Å². The number of halogens is 2. The van der Waals surface area contributed by atoms with E-state index in [1.807, 2.05) is 67.0 Å². The quantitative estimate of drug-likeness (QED) is 0.206. The number of aliphatic carboxylic acids is 1. The molecule has 1 atom stereocenters. The minimum atomic E-state index is -4.94. The molecule has 0 aliphatic carbocycles. The number of nitrogens with zero attached hydrogens (tertiary/aromatic N) is 4. The van der Waals surface area contributed by atoms with E-state index in [0.29, 0.717) is 6.42 Å². The van der Waals surface area contributed by atoms with E-state index in [0.717, 1.165) is 43.1 Å². The monoisotopic (exact) mass is 691 g/mol. The Morgan fingerprint density at radius 2 is 1.07 bits per heavy atom. The normalized spacial score (nSPS) is 11.5. The molecule has 2 N–H and O–H groups in total. The van der Waals surface area contributed by atoms with Gasteiger partial charge in [0.1, 0.15) is 0 Å². The van der Waals surface area contributed by atoms with Gasteiger partial charge in [0.25, 0.3) is 0 Å². The van der Waals surface area contributed by atoms with Crippen LogP contribution < -0.4 is 48.1 Å². The van der Waals surface area contributed by atoms with Crippen LogP contribution in [0.2, 0.25) is 0 Å². The average Bonchev–Trinajstić information content (AvgIpc) is 2.88. The van der Waals surface area contributed by atoms with Crippen molar-refractivity contribution in [3.05, 3.63) is 96.1 Å². The summed E-state index contributed by atoms with van der Waals surface area (Å²) in [7, 11) is -5.63. The first-order valence-corrected chi connectivity index (χ1v) is 14.3. The van der Waals surface area contributed by atoms with Crippen LogP contribution in [0.1, 0.15) is 17.0 Å². The van der Waals surface area contributed by atoms with Crippen LogP contribution >= 0.6 is 0 Å². The number of hydrogen-bond donors (Lipinski definition) is 1. The van der Waals surface area contributed by atoms with Crippen molar-refractivity contribution < 1.29 is 84.4 Å². The molecule has 0 radical (unpaired) electrons. The molecule has 3 rings (SSSR count). The molecule has 0 saturated carbocycles. The first-order chi connectivity index (χ1) is 19.4. The Kier molecular flexibility index (Phi) is 23.0. The Hall–Kier alpha value is -2.36. The van der Waals surface area contributed by atoms with Crippen LogP contribution in [0.25, 0.3) is 0 Å². The zero-order valence-corrected chi connectivity index (χ0v) is 25.7. The Morgan fingerprint density at radius 1 is 0.721 bits per heavy atom. The van der Waals surface area contributed by atoms with Gasteiger partial charge in [-0.2, -0.15) is 0 Å². The summed E-state index contributed by atoms with van der Waals surface area (Å²) < 4.78 is 67.9. The number of carbonyl (C=O) groups excluding carboxylic acids is 1. The summed E-state index contributed by atoms with van der Waals surface area (Å²) in [6, 6.07) is 20.4. The summed E-state index contributed by atoms with van der Waals surface area (Å²) in [5, 5.41) is 10.3. The molecule has 0 unspecified atom stereocenters. The van der Waals surface area contributed by atoms with Gasteiger partial charge in [-0.25, -0.2) is 37.3 Å². The number of carboxylic acid groups (broad SMARTS) is 1. The molecular weight excluding hydrogens is 660 g/mol. The molecule has 240 valence electrons. The molecule has 43 heavy (non-hydrogen) atoms. The molecule has 18 heteroatoms. The Morgan fingerprint density at radius 3 is 1.37 bits per heavy atom. The largest absolute Gasteiger partial charge is 3.00 e. The first-order valence-electron chi connectivity index (χ1n) is 11.8. The van der Waals surface area contributed by atoms with E-state index in [4.69, 9.17) is 43.0 Å². The number of carboxylic acids is 1. The first kappa shape index (κ1) is 42.8. The number of pyridine rings is 2. The van der Waals surface area contributed by atoms with Crippen LogP contribution in [0.4, 0.5) is 0 Å². The van der Waals surface area contributed by atoms with E-state index < -0.39 is 32.5 Å². The zero-order chi connectivity index (χ0) is 32.2. The number of hydrogen-bond acceptors (Lipinski definition) is 15. The molecule has 2 heterocycles. The standard InChI is InChI=1S/C16H22N4.C9H11NO2.2ClHO4.Co/c1-19(13-15-7-3-5-9-17-15)11-12-20(2)14-16-8-4-6-10-18-16;10-8(9(11)12)6-7-4-2-1-3-5-7;2*2-1(3,4)5;/h3-10H,11-14H2,1-2H3;1-5,8H,6,10H2,(H,11,12);2*(H,2,3,4,5);/q;;;;+3/p-3/t;8-;;;/m.0.../s1. The van der Waals surface area contributed by atoms with Gasteiger partial charge in [-0.15, -0.1) is 20.5 Å². The van der Waals surface area contributed by atoms with Crippen molar-refractivity contribution in [2.24, 2.45) is 5.73 Å². The summed E-state index contributed by atoms with van der Waals surface area (Å²) in [6.07, 6.45) is 4.01. The third kappa shape index (κ3) is 30.9. The maximum absolute atomic E-state index is 10.3. The van der Waals surface area contributed by atoms with Gasteiger partial charge in [0.15, 0.2) is 0 Å². The van der Waals surface area contributed by atoms with Crippen molar-refractivity contribution >= 4 is 5.97 Å². The molecule has 2 aromatic heterocycles. The van der Waals surface area contributed by atoms with E-state index in [1.54, 1.807) is 0 Å². The van der Waals surface area contributed by atoms with Gasteiger partial charge in [-0.3, -0.25) is 19.8 Å². The summed E-state index contributed by atoms with van der Waals surface area (Å²) in [4.78, 5) is 23.5. The maximum Gasteiger partial charge on any atom is 3.00 e. The van der Waals surface area contributed by atoms with Crippen molar-refractivity contribution in [3.63, 3.8) is 0 Å². The molecule has 15 nitrogen and oxygen atoms in total. The minimum absolute atomic E-state index is 0. The Bertz CT molecular complexity index is 1030. The minimum Gasteiger partial charge on any atom is -0.548 e. The predicted molar refractivity (Wildman–Crippen MR) is 124 cm³/mol. The van der Waals surface area contributed by atoms with E-state index in [1.165, 1.54) is 0 Å². The molecule has 0 spiro atoms. The van der Waals surface area contributed by atoms with E-state index >= 15 is 0 Å². The Labute approximate surface area is 264 Å². The van der Waals surface area contributed by atoms with Crippen molar-refractivity contribution in [3.8, 4) is 0 Å². The van der Waals surface area contributed by atoms with Crippen molar-refractivity contribution in [2.45, 2.75) is 25.6 Å². The second kappa shape index (κ2) is 23.1. The number of carbonyl (C=O) groups is 1. The van der Waals surface area contributed by atoms with Gasteiger partial charge in [-0.05, 0) is 50.3 Å². The fourth-order valence-corrected chi connectivity index (χ4v) is 2.99. The number of nitrogens with two attached hydrogens (primary N) is 1. The average molecular weight is 692 g/mol. The van der Waals surface area contributed by atoms with Crippen molar-refractivity contribution in [1.29, 1.82) is 0 Å². The molecular formula is C25H32Cl2CoN5O10. The van der Waals surface area contributed by atoms with Crippen LogP contribution in [-0.2, 0) is 41.1 Å². The van der Waals surface area contributed by atoms with Gasteiger partial charge in [0.2, 0.25) is 0 Å². The van der Waals surface area contributed by atoms with Crippen LogP contribution in [0, 0.1) is 20.5 Å². The van der Waals surface area contributed by atoms with Gasteiger partial charge in [0, 0.05) is 44.6 Å². The van der Waals surface area contributed by atoms with E-state index in [9.17, 15) is 9.90 Å². The van der Waals surface area contributed by atoms with E-state index in [2.05, 4.69) is 46.0 Å². The van der Waals surface area contributed by atoms with Crippen molar-refractivity contribution in [1.82, 2.24) is 19.8 Å². The molecule has 0 aliphatic rings. The second-order valence-electron chi connectivity index (χ2n) is 8.49. The number of benzene rings is 1. The third-order valence-corrected chi connectivity index (χ3v) is 4.78. The number of rotatable bonds is 10. The van der Waals surface area contributed by atoms with Crippen molar-refractivity contribution in [2.75, 3.05) is 27.2 Å². The second-order valence-corrected chi connectivity index (χ2v) is 10.0. The molecule has 0 aliphatic heterocycles. The summed E-state index contributed by atoms with van der Waals surface area (Å²) in [5.41, 5.74) is 8.42. The van der Waals surface area contributed by atoms with Crippen LogP contribution in [0.15, 0.2) is 79.1 Å². The number of likely N-dealkylation sites (N-methyl/N-ethyl adjacent to an activating group) is 2. The fraction of sp³-hybridized carbons (Fsp3) is 0.320. The third-order valence-electron chi connectivity index (χ3n) is 4.78.